The predicted molar refractivity (Wildman–Crippen MR) is 89.6 cm³/mol. The summed E-state index contributed by atoms with van der Waals surface area (Å²) >= 11 is 0. The van der Waals surface area contributed by atoms with Gasteiger partial charge in [0.25, 0.3) is 0 Å². The largest absolute Gasteiger partial charge is 0.366 e. The molecule has 1 fully saturated rings. The van der Waals surface area contributed by atoms with Crippen molar-refractivity contribution < 1.29 is 9.59 Å². The summed E-state index contributed by atoms with van der Waals surface area (Å²) in [4.78, 5) is 34.3. The van der Waals surface area contributed by atoms with Crippen LogP contribution in [0, 0.1) is 0 Å². The SMILES string of the molecule is NC(=O)c1ccc(-c2nc(N3CCCC3=O)nc3c2CCC3)cc1. The standard InChI is InChI=1S/C18H18N4O2/c19-17(24)12-8-6-11(7-9-12)16-13-3-1-4-14(13)20-18(21-16)22-10-2-5-15(22)23/h6-9H,1-5,10H2,(H2,19,24). The van der Waals surface area contributed by atoms with Crippen molar-refractivity contribution in [1.82, 2.24) is 9.97 Å². The molecule has 2 amide bonds. The maximum absolute atomic E-state index is 12.0. The molecule has 6 heteroatoms. The Bertz CT molecular complexity index is 830. The first-order valence-electron chi connectivity index (χ1n) is 8.24. The summed E-state index contributed by atoms with van der Waals surface area (Å²) in [6.45, 7) is 0.678. The number of carbonyl (C=O) groups is 2. The Morgan fingerprint density at radius 1 is 1.04 bits per heavy atom. The van der Waals surface area contributed by atoms with Crippen molar-refractivity contribution in [3.8, 4) is 11.3 Å². The van der Waals surface area contributed by atoms with Gasteiger partial charge < -0.3 is 5.73 Å². The quantitative estimate of drug-likeness (QED) is 0.934. The summed E-state index contributed by atoms with van der Waals surface area (Å²) in [6.07, 6.45) is 4.31. The summed E-state index contributed by atoms with van der Waals surface area (Å²) in [5.41, 5.74) is 9.75. The van der Waals surface area contributed by atoms with Gasteiger partial charge in [-0.2, -0.15) is 0 Å². The van der Waals surface area contributed by atoms with Gasteiger partial charge in [0, 0.05) is 35.3 Å². The lowest BCUT2D eigenvalue weighted by Gasteiger charge is -2.17. The molecule has 0 bridgehead atoms. The smallest absolute Gasteiger partial charge is 0.248 e. The van der Waals surface area contributed by atoms with Crippen molar-refractivity contribution in [2.75, 3.05) is 11.4 Å². The van der Waals surface area contributed by atoms with E-state index >= 15 is 0 Å². The molecule has 2 heterocycles. The highest BCUT2D eigenvalue weighted by molar-refractivity contribution is 5.94. The highest BCUT2D eigenvalue weighted by Gasteiger charge is 2.27. The maximum Gasteiger partial charge on any atom is 0.248 e. The molecular formula is C18H18N4O2. The number of nitrogens with two attached hydrogens (primary N) is 1. The Morgan fingerprint density at radius 2 is 1.83 bits per heavy atom. The summed E-state index contributed by atoms with van der Waals surface area (Å²) in [5, 5.41) is 0. The van der Waals surface area contributed by atoms with Crippen LogP contribution in [0.1, 0.15) is 40.9 Å². The average Bonchev–Trinajstić information content (AvgIpc) is 3.22. The Labute approximate surface area is 139 Å². The van der Waals surface area contributed by atoms with Crippen LogP contribution in [0.3, 0.4) is 0 Å². The first kappa shape index (κ1) is 14.8. The van der Waals surface area contributed by atoms with E-state index in [1.54, 1.807) is 17.0 Å². The van der Waals surface area contributed by atoms with Gasteiger partial charge in [0.15, 0.2) is 0 Å². The van der Waals surface area contributed by atoms with E-state index in [0.29, 0.717) is 24.5 Å². The molecular weight excluding hydrogens is 304 g/mol. The van der Waals surface area contributed by atoms with Crippen LogP contribution < -0.4 is 10.6 Å². The Hall–Kier alpha value is -2.76. The molecule has 24 heavy (non-hydrogen) atoms. The highest BCUT2D eigenvalue weighted by atomic mass is 16.2. The number of fused-ring (bicyclic) bond motifs is 1. The number of hydrogen-bond acceptors (Lipinski definition) is 4. The molecule has 1 aliphatic carbocycles. The zero-order valence-corrected chi connectivity index (χ0v) is 13.3. The fourth-order valence-electron chi connectivity index (χ4n) is 3.43. The van der Waals surface area contributed by atoms with E-state index < -0.39 is 5.91 Å². The second kappa shape index (κ2) is 5.70. The molecule has 2 aliphatic rings. The molecule has 0 radical (unpaired) electrons. The van der Waals surface area contributed by atoms with Gasteiger partial charge in [0.05, 0.1) is 5.69 Å². The maximum atomic E-state index is 12.0. The van der Waals surface area contributed by atoms with Crippen LogP contribution in [0.25, 0.3) is 11.3 Å². The molecule has 0 spiro atoms. The van der Waals surface area contributed by atoms with E-state index in [1.165, 1.54) is 0 Å². The third kappa shape index (κ3) is 2.44. The molecule has 1 aromatic heterocycles. The Kier molecular flexibility index (Phi) is 3.52. The second-order valence-corrected chi connectivity index (χ2v) is 6.24. The van der Waals surface area contributed by atoms with E-state index in [2.05, 4.69) is 4.98 Å². The highest BCUT2D eigenvalue weighted by Crippen LogP contribution is 2.32. The number of benzene rings is 1. The molecule has 2 aromatic rings. The van der Waals surface area contributed by atoms with Gasteiger partial charge in [-0.1, -0.05) is 12.1 Å². The third-order valence-electron chi connectivity index (χ3n) is 4.68. The van der Waals surface area contributed by atoms with Crippen molar-refractivity contribution in [2.45, 2.75) is 32.1 Å². The number of primary amides is 1. The van der Waals surface area contributed by atoms with Crippen molar-refractivity contribution in [1.29, 1.82) is 0 Å². The van der Waals surface area contributed by atoms with Crippen molar-refractivity contribution >= 4 is 17.8 Å². The van der Waals surface area contributed by atoms with Crippen LogP contribution in [0.15, 0.2) is 24.3 Å². The fraction of sp³-hybridized carbons (Fsp3) is 0.333. The number of carbonyl (C=O) groups excluding carboxylic acids is 2. The molecule has 1 saturated heterocycles. The summed E-state index contributed by atoms with van der Waals surface area (Å²) in [7, 11) is 0. The van der Waals surface area contributed by atoms with E-state index in [-0.39, 0.29) is 5.91 Å². The van der Waals surface area contributed by atoms with Crippen LogP contribution in [-0.2, 0) is 17.6 Å². The van der Waals surface area contributed by atoms with Crippen molar-refractivity contribution in [2.24, 2.45) is 5.73 Å². The molecule has 2 N–H and O–H groups in total. The Morgan fingerprint density at radius 3 is 2.50 bits per heavy atom. The molecule has 4 rings (SSSR count). The van der Waals surface area contributed by atoms with Gasteiger partial charge in [-0.3, -0.25) is 14.5 Å². The van der Waals surface area contributed by atoms with Crippen LogP contribution in [-0.4, -0.2) is 28.3 Å². The van der Waals surface area contributed by atoms with Gasteiger partial charge in [-0.05, 0) is 37.8 Å². The summed E-state index contributed by atoms with van der Waals surface area (Å²) < 4.78 is 0. The monoisotopic (exact) mass is 322 g/mol. The summed E-state index contributed by atoms with van der Waals surface area (Å²) in [6, 6.07) is 7.14. The van der Waals surface area contributed by atoms with E-state index in [0.717, 1.165) is 48.2 Å². The predicted octanol–water partition coefficient (Wildman–Crippen LogP) is 1.86. The van der Waals surface area contributed by atoms with Gasteiger partial charge in [0.1, 0.15) is 0 Å². The number of nitrogens with zero attached hydrogens (tertiary/aromatic N) is 3. The fourth-order valence-corrected chi connectivity index (χ4v) is 3.43. The molecule has 6 nitrogen and oxygen atoms in total. The van der Waals surface area contributed by atoms with Gasteiger partial charge in [-0.25, -0.2) is 9.97 Å². The molecule has 1 aliphatic heterocycles. The first-order valence-corrected chi connectivity index (χ1v) is 8.24. The molecule has 122 valence electrons. The minimum atomic E-state index is -0.446. The number of aryl methyl sites for hydroxylation is 1. The van der Waals surface area contributed by atoms with Gasteiger partial charge in [-0.15, -0.1) is 0 Å². The van der Waals surface area contributed by atoms with E-state index in [4.69, 9.17) is 10.7 Å². The van der Waals surface area contributed by atoms with Crippen LogP contribution >= 0.6 is 0 Å². The molecule has 0 saturated carbocycles. The van der Waals surface area contributed by atoms with Gasteiger partial charge in [0.2, 0.25) is 17.8 Å². The third-order valence-corrected chi connectivity index (χ3v) is 4.68. The van der Waals surface area contributed by atoms with Crippen LogP contribution in [0.4, 0.5) is 5.95 Å². The van der Waals surface area contributed by atoms with E-state index in [1.807, 2.05) is 12.1 Å². The topological polar surface area (TPSA) is 89.2 Å². The minimum Gasteiger partial charge on any atom is -0.366 e. The molecule has 0 unspecified atom stereocenters. The zero-order chi connectivity index (χ0) is 16.7. The van der Waals surface area contributed by atoms with Crippen LogP contribution in [0.5, 0.6) is 0 Å². The summed E-state index contributed by atoms with van der Waals surface area (Å²) in [5.74, 6) is 0.146. The molecule has 1 aromatic carbocycles. The number of aromatic nitrogens is 2. The molecule has 0 atom stereocenters. The van der Waals surface area contributed by atoms with E-state index in [9.17, 15) is 9.59 Å². The van der Waals surface area contributed by atoms with Crippen molar-refractivity contribution in [3.63, 3.8) is 0 Å². The lowest BCUT2D eigenvalue weighted by atomic mass is 10.0. The minimum absolute atomic E-state index is 0.0861. The number of hydrogen-bond donors (Lipinski definition) is 1. The zero-order valence-electron chi connectivity index (χ0n) is 13.3. The number of rotatable bonds is 3. The average molecular weight is 322 g/mol. The number of anilines is 1. The first-order chi connectivity index (χ1) is 11.6. The lowest BCUT2D eigenvalue weighted by Crippen LogP contribution is -2.26. The lowest BCUT2D eigenvalue weighted by molar-refractivity contribution is -0.117. The number of amides is 2. The Balaban J connectivity index is 1.80. The van der Waals surface area contributed by atoms with Crippen molar-refractivity contribution in [3.05, 3.63) is 41.1 Å². The second-order valence-electron chi connectivity index (χ2n) is 6.24. The normalized spacial score (nSPS) is 16.5. The van der Waals surface area contributed by atoms with Gasteiger partial charge >= 0.3 is 0 Å². The van der Waals surface area contributed by atoms with Crippen LogP contribution in [0.2, 0.25) is 0 Å².